The van der Waals surface area contributed by atoms with Crippen molar-refractivity contribution in [2.45, 2.75) is 38.1 Å². The molecule has 1 amide bonds. The largest absolute Gasteiger partial charge is 0.493 e. The molecule has 0 spiro atoms. The average molecular weight is 577 g/mol. The van der Waals surface area contributed by atoms with Crippen LogP contribution in [0.3, 0.4) is 0 Å². The summed E-state index contributed by atoms with van der Waals surface area (Å²) in [6.07, 6.45) is 8.43. The van der Waals surface area contributed by atoms with Crippen molar-refractivity contribution in [3.05, 3.63) is 42.5 Å². The van der Waals surface area contributed by atoms with Crippen LogP contribution in [0.15, 0.2) is 36.8 Å². The predicted octanol–water partition coefficient (Wildman–Crippen LogP) is 3.27. The van der Waals surface area contributed by atoms with E-state index >= 15 is 0 Å². The first-order chi connectivity index (χ1) is 20.5. The van der Waals surface area contributed by atoms with Gasteiger partial charge in [-0.1, -0.05) is 0 Å². The van der Waals surface area contributed by atoms with Gasteiger partial charge in [-0.2, -0.15) is 4.98 Å². The van der Waals surface area contributed by atoms with Crippen molar-refractivity contribution in [2.75, 3.05) is 57.8 Å². The van der Waals surface area contributed by atoms with Gasteiger partial charge in [0.2, 0.25) is 11.7 Å². The zero-order valence-electron chi connectivity index (χ0n) is 24.1. The van der Waals surface area contributed by atoms with E-state index in [4.69, 9.17) is 24.3 Å². The summed E-state index contributed by atoms with van der Waals surface area (Å²) in [4.78, 5) is 26.9. The smallest absolute Gasteiger partial charge is 0.272 e. The van der Waals surface area contributed by atoms with Gasteiger partial charge in [0.15, 0.2) is 17.3 Å². The summed E-state index contributed by atoms with van der Waals surface area (Å²) in [5.41, 5.74) is 1.90. The number of benzene rings is 1. The van der Waals surface area contributed by atoms with Gasteiger partial charge in [0, 0.05) is 31.8 Å². The fourth-order valence-corrected chi connectivity index (χ4v) is 5.77. The number of fused-ring (bicyclic) bond motifs is 1. The van der Waals surface area contributed by atoms with Gasteiger partial charge in [-0.25, -0.2) is 9.50 Å². The summed E-state index contributed by atoms with van der Waals surface area (Å²) >= 11 is 0. The predicted molar refractivity (Wildman–Crippen MR) is 157 cm³/mol. The molecule has 42 heavy (non-hydrogen) atoms. The number of nitrogens with one attached hydrogen (secondary N) is 1. The van der Waals surface area contributed by atoms with Crippen LogP contribution in [0.2, 0.25) is 0 Å². The highest BCUT2D eigenvalue weighted by Gasteiger charge is 2.29. The second-order valence-electron chi connectivity index (χ2n) is 10.5. The molecule has 1 aromatic carbocycles. The molecule has 222 valence electrons. The number of piperidine rings is 1. The Kier molecular flexibility index (Phi) is 7.74. The van der Waals surface area contributed by atoms with Crippen LogP contribution in [0.25, 0.3) is 11.2 Å². The van der Waals surface area contributed by atoms with Gasteiger partial charge >= 0.3 is 0 Å². The first-order valence-electron chi connectivity index (χ1n) is 14.2. The lowest BCUT2D eigenvalue weighted by atomic mass is 10.1. The number of imidazole rings is 1. The number of carbonyl (C=O) groups is 1. The van der Waals surface area contributed by atoms with Gasteiger partial charge in [0.05, 0.1) is 45.9 Å². The fourth-order valence-electron chi connectivity index (χ4n) is 5.77. The lowest BCUT2D eigenvalue weighted by molar-refractivity contribution is 0.0716. The molecule has 2 aliphatic rings. The molecule has 0 aliphatic carbocycles. The normalized spacial score (nSPS) is 17.1. The van der Waals surface area contributed by atoms with Gasteiger partial charge in [-0.05, 0) is 44.2 Å². The standard InChI is InChI=1S/C29H36N8O5/c1-40-23-14-20(15-24(41-2)26(23)42-3)35-16-25(30-18-35)31-27-21-9-10-22(28(39)34-11-5-4-6-12-34)37(21)33-29(32-27)36-13-7-8-19(36)17-38/h9-10,14-16,18-19,38H,4-8,11-13,17H2,1-3H3,(H,31,32,33)/t19-/m0/s1. The van der Waals surface area contributed by atoms with E-state index in [0.29, 0.717) is 46.0 Å². The van der Waals surface area contributed by atoms with Gasteiger partial charge in [0.25, 0.3) is 5.91 Å². The second kappa shape index (κ2) is 11.8. The minimum Gasteiger partial charge on any atom is -0.493 e. The number of methoxy groups -OCH3 is 3. The molecule has 3 aromatic heterocycles. The summed E-state index contributed by atoms with van der Waals surface area (Å²) in [6.45, 7) is 2.22. The van der Waals surface area contributed by atoms with Crippen molar-refractivity contribution in [1.82, 2.24) is 29.0 Å². The van der Waals surface area contributed by atoms with Gasteiger partial charge in [-0.15, -0.1) is 5.10 Å². The molecule has 13 heteroatoms. The molecule has 0 unspecified atom stereocenters. The van der Waals surface area contributed by atoms with E-state index in [0.717, 1.165) is 57.4 Å². The van der Waals surface area contributed by atoms with E-state index in [1.165, 1.54) is 0 Å². The number of aliphatic hydroxyl groups is 1. The Hall–Kier alpha value is -4.52. The van der Waals surface area contributed by atoms with E-state index in [9.17, 15) is 9.90 Å². The molecule has 2 saturated heterocycles. The third kappa shape index (κ3) is 5.04. The Morgan fingerprint density at radius 2 is 1.79 bits per heavy atom. The Labute approximate surface area is 243 Å². The topological polar surface area (TPSA) is 132 Å². The molecule has 4 aromatic rings. The molecule has 6 rings (SSSR count). The maximum Gasteiger partial charge on any atom is 0.272 e. The molecule has 0 radical (unpaired) electrons. The Morgan fingerprint density at radius 1 is 1.02 bits per heavy atom. The number of hydrogen-bond donors (Lipinski definition) is 2. The molecule has 1 atom stereocenters. The number of anilines is 3. The lowest BCUT2D eigenvalue weighted by Crippen LogP contribution is -2.37. The number of amides is 1. The summed E-state index contributed by atoms with van der Waals surface area (Å²) in [5, 5.41) is 18.1. The number of aromatic nitrogens is 5. The highest BCUT2D eigenvalue weighted by atomic mass is 16.5. The zero-order chi connectivity index (χ0) is 29.2. The average Bonchev–Trinajstić information content (AvgIpc) is 3.80. The van der Waals surface area contributed by atoms with Crippen molar-refractivity contribution >= 4 is 29.0 Å². The second-order valence-corrected chi connectivity index (χ2v) is 10.5. The van der Waals surface area contributed by atoms with Crippen LogP contribution < -0.4 is 24.4 Å². The molecular weight excluding hydrogens is 540 g/mol. The van der Waals surface area contributed by atoms with Gasteiger partial charge in [-0.3, -0.25) is 4.79 Å². The molecule has 5 heterocycles. The van der Waals surface area contributed by atoms with E-state index in [1.807, 2.05) is 38.8 Å². The minimum absolute atomic E-state index is 0.00853. The number of likely N-dealkylation sites (tertiary alicyclic amines) is 1. The highest BCUT2D eigenvalue weighted by molar-refractivity contribution is 5.95. The van der Waals surface area contributed by atoms with Gasteiger partial charge in [0.1, 0.15) is 23.4 Å². The van der Waals surface area contributed by atoms with E-state index in [1.54, 1.807) is 38.2 Å². The molecule has 0 saturated carbocycles. The van der Waals surface area contributed by atoms with Gasteiger partial charge < -0.3 is 39.0 Å². The van der Waals surface area contributed by atoms with E-state index in [2.05, 4.69) is 10.3 Å². The maximum atomic E-state index is 13.5. The highest BCUT2D eigenvalue weighted by Crippen LogP contribution is 2.39. The van der Waals surface area contributed by atoms with Crippen LogP contribution in [0.1, 0.15) is 42.6 Å². The summed E-state index contributed by atoms with van der Waals surface area (Å²) < 4.78 is 20.0. The molecule has 13 nitrogen and oxygen atoms in total. The van der Waals surface area contributed by atoms with Crippen LogP contribution in [0.5, 0.6) is 17.2 Å². The van der Waals surface area contributed by atoms with Crippen molar-refractivity contribution in [1.29, 1.82) is 0 Å². The monoisotopic (exact) mass is 576 g/mol. The SMILES string of the molecule is COc1cc(-n2cnc(Nc3nc(N4CCC[C@H]4CO)nn4c(C(=O)N5CCCCC5)ccc34)c2)cc(OC)c1OC. The third-order valence-corrected chi connectivity index (χ3v) is 7.98. The fraction of sp³-hybridized carbons (Fsp3) is 0.448. The van der Waals surface area contributed by atoms with Crippen LogP contribution in [0, 0.1) is 0 Å². The van der Waals surface area contributed by atoms with Crippen molar-refractivity contribution in [2.24, 2.45) is 0 Å². The first-order valence-corrected chi connectivity index (χ1v) is 14.2. The van der Waals surface area contributed by atoms with Crippen molar-refractivity contribution < 1.29 is 24.1 Å². The number of rotatable bonds is 9. The zero-order valence-corrected chi connectivity index (χ0v) is 24.1. The number of hydrogen-bond acceptors (Lipinski definition) is 10. The summed E-state index contributed by atoms with van der Waals surface area (Å²) in [7, 11) is 4.71. The van der Waals surface area contributed by atoms with Crippen LogP contribution in [-0.2, 0) is 0 Å². The molecular formula is C29H36N8O5. The van der Waals surface area contributed by atoms with E-state index < -0.39 is 0 Å². The van der Waals surface area contributed by atoms with Crippen LogP contribution in [0.4, 0.5) is 17.6 Å². The number of aliphatic hydroxyl groups excluding tert-OH is 1. The number of nitrogens with zero attached hydrogens (tertiary/aromatic N) is 7. The van der Waals surface area contributed by atoms with Crippen LogP contribution >= 0.6 is 0 Å². The third-order valence-electron chi connectivity index (χ3n) is 7.98. The lowest BCUT2D eigenvalue weighted by Gasteiger charge is -2.27. The molecule has 2 aliphatic heterocycles. The summed E-state index contributed by atoms with van der Waals surface area (Å²) in [5.74, 6) is 3.02. The Balaban J connectivity index is 1.38. The van der Waals surface area contributed by atoms with Crippen molar-refractivity contribution in [3.63, 3.8) is 0 Å². The van der Waals surface area contributed by atoms with E-state index in [-0.39, 0.29) is 18.6 Å². The Morgan fingerprint density at radius 3 is 2.48 bits per heavy atom. The molecule has 0 bridgehead atoms. The molecule has 2 N–H and O–H groups in total. The number of carbonyl (C=O) groups excluding carboxylic acids is 1. The maximum absolute atomic E-state index is 13.5. The molecule has 2 fully saturated rings. The summed E-state index contributed by atoms with van der Waals surface area (Å²) in [6, 6.07) is 7.25. The quantitative estimate of drug-likeness (QED) is 0.306. The van der Waals surface area contributed by atoms with Crippen molar-refractivity contribution in [3.8, 4) is 22.9 Å². The van der Waals surface area contributed by atoms with Crippen LogP contribution in [-0.4, -0.2) is 93.7 Å². The minimum atomic E-state index is -0.0775. The number of ether oxygens (including phenoxy) is 3. The Bertz CT molecular complexity index is 1550. The first kappa shape index (κ1) is 27.6.